The summed E-state index contributed by atoms with van der Waals surface area (Å²) in [6.07, 6.45) is 4.77. The fraction of sp³-hybridized carbons (Fsp3) is 0.556. The van der Waals surface area contributed by atoms with Gasteiger partial charge in [-0.15, -0.1) is 5.10 Å². The Kier molecular flexibility index (Phi) is 4.83. The molecule has 0 unspecified atom stereocenters. The highest BCUT2D eigenvalue weighted by molar-refractivity contribution is 5.74. The Labute approximate surface area is 157 Å². The summed E-state index contributed by atoms with van der Waals surface area (Å²) >= 11 is 0. The fourth-order valence-electron chi connectivity index (χ4n) is 3.81. The van der Waals surface area contributed by atoms with Crippen LogP contribution in [0.2, 0.25) is 0 Å². The SMILES string of the molecule is CCNC(=O)NC1(c2nnnn2-c2ccc3c(c2)OCCO3)CCCCC1. The number of aromatic nitrogens is 4. The Morgan fingerprint density at radius 2 is 1.96 bits per heavy atom. The summed E-state index contributed by atoms with van der Waals surface area (Å²) in [6.45, 7) is 3.52. The predicted octanol–water partition coefficient (Wildman–Crippen LogP) is 1.91. The lowest BCUT2D eigenvalue weighted by Gasteiger charge is -2.36. The van der Waals surface area contributed by atoms with Gasteiger partial charge >= 0.3 is 6.03 Å². The zero-order chi connectivity index (χ0) is 18.7. The molecule has 2 heterocycles. The molecule has 9 nitrogen and oxygen atoms in total. The maximum absolute atomic E-state index is 12.3. The zero-order valence-electron chi connectivity index (χ0n) is 15.4. The number of nitrogens with one attached hydrogen (secondary N) is 2. The van der Waals surface area contributed by atoms with Crippen LogP contribution in [0.3, 0.4) is 0 Å². The molecule has 1 saturated carbocycles. The summed E-state index contributed by atoms with van der Waals surface area (Å²) < 4.78 is 13.0. The Morgan fingerprint density at radius 1 is 1.19 bits per heavy atom. The zero-order valence-corrected chi connectivity index (χ0v) is 15.4. The molecular formula is C18H24N6O3. The van der Waals surface area contributed by atoms with Gasteiger partial charge in [0, 0.05) is 12.6 Å². The van der Waals surface area contributed by atoms with Crippen LogP contribution in [-0.4, -0.2) is 46.0 Å². The van der Waals surface area contributed by atoms with Crippen LogP contribution in [0.5, 0.6) is 11.5 Å². The molecule has 1 aromatic heterocycles. The highest BCUT2D eigenvalue weighted by Crippen LogP contribution is 2.38. The van der Waals surface area contributed by atoms with Gasteiger partial charge in [-0.3, -0.25) is 0 Å². The first-order valence-electron chi connectivity index (χ1n) is 9.47. The van der Waals surface area contributed by atoms with Crippen molar-refractivity contribution >= 4 is 6.03 Å². The lowest BCUT2D eigenvalue weighted by Crippen LogP contribution is -2.52. The maximum Gasteiger partial charge on any atom is 0.315 e. The number of urea groups is 1. The van der Waals surface area contributed by atoms with Crippen molar-refractivity contribution in [2.24, 2.45) is 0 Å². The minimum atomic E-state index is -0.589. The molecule has 9 heteroatoms. The molecule has 2 N–H and O–H groups in total. The topological polar surface area (TPSA) is 103 Å². The van der Waals surface area contributed by atoms with Crippen LogP contribution in [0.15, 0.2) is 18.2 Å². The molecule has 1 fully saturated rings. The number of hydrogen-bond acceptors (Lipinski definition) is 6. The van der Waals surface area contributed by atoms with Crippen LogP contribution < -0.4 is 20.1 Å². The molecule has 27 heavy (non-hydrogen) atoms. The summed E-state index contributed by atoms with van der Waals surface area (Å²) in [4.78, 5) is 12.3. The molecule has 1 aromatic carbocycles. The smallest absolute Gasteiger partial charge is 0.315 e. The molecule has 0 bridgehead atoms. The van der Waals surface area contributed by atoms with Gasteiger partial charge in [-0.1, -0.05) is 19.3 Å². The van der Waals surface area contributed by atoms with Gasteiger partial charge < -0.3 is 20.1 Å². The average molecular weight is 372 g/mol. The highest BCUT2D eigenvalue weighted by atomic mass is 16.6. The number of benzene rings is 1. The summed E-state index contributed by atoms with van der Waals surface area (Å²) in [6, 6.07) is 5.43. The van der Waals surface area contributed by atoms with Gasteiger partial charge in [-0.2, -0.15) is 4.68 Å². The molecule has 1 aliphatic carbocycles. The molecule has 2 aliphatic rings. The van der Waals surface area contributed by atoms with E-state index < -0.39 is 5.54 Å². The van der Waals surface area contributed by atoms with Crippen molar-refractivity contribution in [3.8, 4) is 17.2 Å². The van der Waals surface area contributed by atoms with E-state index in [0.717, 1.165) is 37.8 Å². The lowest BCUT2D eigenvalue weighted by molar-refractivity contribution is 0.171. The van der Waals surface area contributed by atoms with E-state index in [1.165, 1.54) is 0 Å². The van der Waals surface area contributed by atoms with Gasteiger partial charge in [0.1, 0.15) is 18.8 Å². The van der Waals surface area contributed by atoms with Crippen LogP contribution >= 0.6 is 0 Å². The number of carbonyl (C=O) groups excluding carboxylic acids is 1. The quantitative estimate of drug-likeness (QED) is 0.850. The van der Waals surface area contributed by atoms with Crippen molar-refractivity contribution in [3.05, 3.63) is 24.0 Å². The van der Waals surface area contributed by atoms with Crippen LogP contribution in [0.1, 0.15) is 44.9 Å². The molecule has 2 amide bonds. The standard InChI is InChI=1S/C18H24N6O3/c1-2-19-17(25)20-18(8-4-3-5-9-18)16-21-22-23-24(16)13-6-7-14-15(12-13)27-11-10-26-14/h6-7,12H,2-5,8-11H2,1H3,(H2,19,20,25). The number of tetrazole rings is 1. The first-order chi connectivity index (χ1) is 13.2. The second-order valence-corrected chi connectivity index (χ2v) is 6.87. The molecule has 144 valence electrons. The number of nitrogens with zero attached hydrogens (tertiary/aromatic N) is 4. The van der Waals surface area contributed by atoms with E-state index in [1.807, 2.05) is 25.1 Å². The van der Waals surface area contributed by atoms with Crippen molar-refractivity contribution in [2.45, 2.75) is 44.6 Å². The minimum Gasteiger partial charge on any atom is -0.486 e. The van der Waals surface area contributed by atoms with E-state index in [0.29, 0.717) is 37.1 Å². The van der Waals surface area contributed by atoms with Crippen molar-refractivity contribution in [3.63, 3.8) is 0 Å². The molecule has 0 radical (unpaired) electrons. The van der Waals surface area contributed by atoms with E-state index in [-0.39, 0.29) is 6.03 Å². The molecule has 2 aromatic rings. The third kappa shape index (κ3) is 3.41. The predicted molar refractivity (Wildman–Crippen MR) is 97.1 cm³/mol. The highest BCUT2D eigenvalue weighted by Gasteiger charge is 2.40. The van der Waals surface area contributed by atoms with Crippen LogP contribution in [0.25, 0.3) is 5.69 Å². The number of amides is 2. The average Bonchev–Trinajstić information content (AvgIpc) is 3.19. The van der Waals surface area contributed by atoms with E-state index in [1.54, 1.807) is 4.68 Å². The normalized spacial score (nSPS) is 18.0. The van der Waals surface area contributed by atoms with Crippen LogP contribution in [0, 0.1) is 0 Å². The van der Waals surface area contributed by atoms with Gasteiger partial charge in [-0.25, -0.2) is 4.79 Å². The summed E-state index contributed by atoms with van der Waals surface area (Å²) in [5, 5.41) is 18.4. The third-order valence-electron chi connectivity index (χ3n) is 5.07. The van der Waals surface area contributed by atoms with E-state index in [4.69, 9.17) is 9.47 Å². The Balaban J connectivity index is 1.71. The van der Waals surface area contributed by atoms with Gasteiger partial charge in [0.05, 0.1) is 5.69 Å². The van der Waals surface area contributed by atoms with Crippen molar-refractivity contribution < 1.29 is 14.3 Å². The number of rotatable bonds is 4. The molecular weight excluding hydrogens is 348 g/mol. The van der Waals surface area contributed by atoms with Crippen molar-refractivity contribution in [1.29, 1.82) is 0 Å². The Morgan fingerprint density at radius 3 is 2.74 bits per heavy atom. The van der Waals surface area contributed by atoms with Crippen LogP contribution in [0.4, 0.5) is 4.79 Å². The minimum absolute atomic E-state index is 0.198. The van der Waals surface area contributed by atoms with E-state index in [9.17, 15) is 4.79 Å². The molecule has 1 aliphatic heterocycles. The van der Waals surface area contributed by atoms with E-state index in [2.05, 4.69) is 26.2 Å². The second-order valence-electron chi connectivity index (χ2n) is 6.87. The summed E-state index contributed by atoms with van der Waals surface area (Å²) in [7, 11) is 0. The summed E-state index contributed by atoms with van der Waals surface area (Å²) in [5.41, 5.74) is 0.191. The molecule has 0 spiro atoms. The molecule has 0 saturated heterocycles. The van der Waals surface area contributed by atoms with Crippen molar-refractivity contribution in [1.82, 2.24) is 30.8 Å². The van der Waals surface area contributed by atoms with Gasteiger partial charge in [-0.05, 0) is 42.3 Å². The molecule has 0 atom stereocenters. The Bertz CT molecular complexity index is 815. The fourth-order valence-corrected chi connectivity index (χ4v) is 3.81. The second kappa shape index (κ2) is 7.42. The molecule has 4 rings (SSSR count). The van der Waals surface area contributed by atoms with Gasteiger partial charge in [0.25, 0.3) is 0 Å². The lowest BCUT2D eigenvalue weighted by atomic mass is 9.81. The maximum atomic E-state index is 12.3. The monoisotopic (exact) mass is 372 g/mol. The third-order valence-corrected chi connectivity index (χ3v) is 5.07. The first-order valence-corrected chi connectivity index (χ1v) is 9.47. The number of hydrogen-bond donors (Lipinski definition) is 2. The Hall–Kier alpha value is -2.84. The number of ether oxygens (including phenoxy) is 2. The van der Waals surface area contributed by atoms with E-state index >= 15 is 0 Å². The number of carbonyl (C=O) groups is 1. The van der Waals surface area contributed by atoms with Crippen LogP contribution in [-0.2, 0) is 5.54 Å². The first kappa shape index (κ1) is 17.6. The van der Waals surface area contributed by atoms with Gasteiger partial charge in [0.15, 0.2) is 17.3 Å². The largest absolute Gasteiger partial charge is 0.486 e. The van der Waals surface area contributed by atoms with Crippen molar-refractivity contribution in [2.75, 3.05) is 19.8 Å². The number of fused-ring (bicyclic) bond motifs is 1. The summed E-state index contributed by atoms with van der Waals surface area (Å²) in [5.74, 6) is 2.03. The van der Waals surface area contributed by atoms with Gasteiger partial charge in [0.2, 0.25) is 0 Å².